The highest BCUT2D eigenvalue weighted by atomic mass is 16.5. The summed E-state index contributed by atoms with van der Waals surface area (Å²) in [5, 5.41) is 12.3. The van der Waals surface area contributed by atoms with Crippen LogP contribution in [0.4, 0.5) is 0 Å². The molecule has 0 spiro atoms. The number of nitrogens with zero attached hydrogens (tertiary/aromatic N) is 1. The number of likely N-dealkylation sites (tertiary alicyclic amines) is 1. The third kappa shape index (κ3) is 4.02. The Kier molecular flexibility index (Phi) is 5.35. The summed E-state index contributed by atoms with van der Waals surface area (Å²) < 4.78 is 10.5. The Balaban J connectivity index is 1.57. The lowest BCUT2D eigenvalue weighted by molar-refractivity contribution is -0.142. The molecule has 0 bridgehead atoms. The molecule has 2 N–H and O–H groups in total. The van der Waals surface area contributed by atoms with Gasteiger partial charge in [0.15, 0.2) is 5.78 Å². The van der Waals surface area contributed by atoms with Crippen LogP contribution < -0.4 is 5.32 Å². The predicted molar refractivity (Wildman–Crippen MR) is 101 cm³/mol. The minimum atomic E-state index is -0.867. The molecule has 152 valence electrons. The number of fused-ring (bicyclic) bond motifs is 1. The summed E-state index contributed by atoms with van der Waals surface area (Å²) >= 11 is 0. The van der Waals surface area contributed by atoms with Crippen molar-refractivity contribution in [2.75, 3.05) is 13.2 Å². The molecule has 0 aliphatic carbocycles. The Bertz CT molecular complexity index is 892. The monoisotopic (exact) mass is 398 g/mol. The van der Waals surface area contributed by atoms with Gasteiger partial charge in [-0.2, -0.15) is 0 Å². The van der Waals surface area contributed by atoms with Crippen molar-refractivity contribution >= 4 is 17.6 Å². The van der Waals surface area contributed by atoms with E-state index in [2.05, 4.69) is 5.32 Å². The summed E-state index contributed by atoms with van der Waals surface area (Å²) in [6.45, 7) is 0.464. The molecular formula is C21H22N2O6. The number of ether oxygens (including phenoxy) is 1. The second-order valence-electron chi connectivity index (χ2n) is 7.34. The summed E-state index contributed by atoms with van der Waals surface area (Å²) in [4.78, 5) is 39.8. The number of benzene rings is 1. The molecular weight excluding hydrogens is 376 g/mol. The fraction of sp³-hybridized carbons (Fsp3) is 0.381. The number of amides is 2. The van der Waals surface area contributed by atoms with Crippen LogP contribution in [-0.4, -0.2) is 58.9 Å². The van der Waals surface area contributed by atoms with E-state index in [1.54, 1.807) is 17.0 Å². The normalized spacial score (nSPS) is 22.2. The molecule has 3 heterocycles. The van der Waals surface area contributed by atoms with E-state index in [1.165, 1.54) is 30.7 Å². The standard InChI is InChI=1S/C21H22N2O6/c24-15-5-3-13(4-6-15)10-16(22-20(26)14-7-9-28-11-14)21(27)23-8-1-2-18-19(23)17(25)12-29-18/h3-7,9,11,16,18-19,24H,1-2,8,10,12H2,(H,22,26)/t16-,18?,19?/m0/s1. The molecule has 8 heteroatoms. The van der Waals surface area contributed by atoms with Crippen LogP contribution in [0.5, 0.6) is 5.75 Å². The molecule has 1 aromatic heterocycles. The summed E-state index contributed by atoms with van der Waals surface area (Å²) in [6, 6.07) is 6.51. The van der Waals surface area contributed by atoms with Crippen molar-refractivity contribution in [3.8, 4) is 5.75 Å². The van der Waals surface area contributed by atoms with Crippen molar-refractivity contribution < 1.29 is 28.6 Å². The Morgan fingerprint density at radius 2 is 2.03 bits per heavy atom. The van der Waals surface area contributed by atoms with Crippen LogP contribution in [0.3, 0.4) is 0 Å². The van der Waals surface area contributed by atoms with Gasteiger partial charge in [0.05, 0.1) is 17.9 Å². The van der Waals surface area contributed by atoms with Gasteiger partial charge < -0.3 is 24.5 Å². The zero-order valence-electron chi connectivity index (χ0n) is 15.7. The van der Waals surface area contributed by atoms with Gasteiger partial charge in [0.1, 0.15) is 30.7 Å². The van der Waals surface area contributed by atoms with Crippen LogP contribution in [0.25, 0.3) is 0 Å². The van der Waals surface area contributed by atoms with Gasteiger partial charge in [-0.05, 0) is 36.6 Å². The SMILES string of the molecule is O=C(N[C@@H](Cc1ccc(O)cc1)C(=O)N1CCCC2OCC(=O)C21)c1ccoc1. The molecule has 4 rings (SSSR count). The molecule has 2 saturated heterocycles. The third-order valence-corrected chi connectivity index (χ3v) is 5.39. The first kappa shape index (κ1) is 19.2. The number of hydrogen-bond donors (Lipinski definition) is 2. The van der Waals surface area contributed by atoms with E-state index >= 15 is 0 Å². The summed E-state index contributed by atoms with van der Waals surface area (Å²) in [5.41, 5.74) is 1.08. The minimum Gasteiger partial charge on any atom is -0.508 e. The maximum atomic E-state index is 13.4. The molecule has 2 aliphatic heterocycles. The zero-order valence-corrected chi connectivity index (χ0v) is 15.7. The van der Waals surface area contributed by atoms with E-state index in [9.17, 15) is 19.5 Å². The average molecular weight is 398 g/mol. The van der Waals surface area contributed by atoms with Crippen molar-refractivity contribution in [1.82, 2.24) is 10.2 Å². The lowest BCUT2D eigenvalue weighted by Crippen LogP contribution is -2.58. The van der Waals surface area contributed by atoms with Gasteiger partial charge >= 0.3 is 0 Å². The number of hydrogen-bond acceptors (Lipinski definition) is 6. The van der Waals surface area contributed by atoms with Gasteiger partial charge in [-0.3, -0.25) is 14.4 Å². The van der Waals surface area contributed by atoms with Crippen LogP contribution >= 0.6 is 0 Å². The highest BCUT2D eigenvalue weighted by Gasteiger charge is 2.45. The van der Waals surface area contributed by atoms with E-state index in [0.29, 0.717) is 12.1 Å². The van der Waals surface area contributed by atoms with Gasteiger partial charge in [-0.15, -0.1) is 0 Å². The second kappa shape index (κ2) is 8.08. The lowest BCUT2D eigenvalue weighted by atomic mass is 9.95. The molecule has 2 aliphatic rings. The summed E-state index contributed by atoms with van der Waals surface area (Å²) in [5.74, 6) is -0.735. The number of ketones is 1. The van der Waals surface area contributed by atoms with E-state index in [-0.39, 0.29) is 36.6 Å². The smallest absolute Gasteiger partial charge is 0.255 e. The molecule has 0 saturated carbocycles. The second-order valence-corrected chi connectivity index (χ2v) is 7.34. The molecule has 2 aromatic rings. The molecule has 0 radical (unpaired) electrons. The van der Waals surface area contributed by atoms with Crippen molar-refractivity contribution in [2.24, 2.45) is 0 Å². The minimum absolute atomic E-state index is 0.0170. The number of phenols is 1. The largest absolute Gasteiger partial charge is 0.508 e. The fourth-order valence-corrected chi connectivity index (χ4v) is 3.94. The Labute approximate surface area is 167 Å². The summed E-state index contributed by atoms with van der Waals surface area (Å²) in [7, 11) is 0. The van der Waals surface area contributed by atoms with E-state index in [0.717, 1.165) is 18.4 Å². The molecule has 2 unspecified atom stereocenters. The molecule has 3 atom stereocenters. The number of piperidine rings is 1. The topological polar surface area (TPSA) is 109 Å². The molecule has 2 fully saturated rings. The first-order chi connectivity index (χ1) is 14.0. The van der Waals surface area contributed by atoms with Crippen LogP contribution in [0.1, 0.15) is 28.8 Å². The number of phenolic OH excluding ortho intramolecular Hbond substituents is 1. The first-order valence-electron chi connectivity index (χ1n) is 9.58. The Hall–Kier alpha value is -3.13. The van der Waals surface area contributed by atoms with Crippen molar-refractivity contribution in [3.05, 3.63) is 54.0 Å². The van der Waals surface area contributed by atoms with Crippen LogP contribution in [0.15, 0.2) is 47.3 Å². The highest BCUT2D eigenvalue weighted by Crippen LogP contribution is 2.27. The van der Waals surface area contributed by atoms with E-state index in [1.807, 2.05) is 0 Å². The number of rotatable bonds is 5. The summed E-state index contributed by atoms with van der Waals surface area (Å²) in [6.07, 6.45) is 4.12. The molecule has 8 nitrogen and oxygen atoms in total. The average Bonchev–Trinajstić information content (AvgIpc) is 3.39. The Morgan fingerprint density at radius 3 is 2.76 bits per heavy atom. The molecule has 2 amide bonds. The van der Waals surface area contributed by atoms with Crippen LogP contribution in [0.2, 0.25) is 0 Å². The van der Waals surface area contributed by atoms with Gasteiger partial charge in [0.2, 0.25) is 5.91 Å². The Morgan fingerprint density at radius 1 is 1.24 bits per heavy atom. The van der Waals surface area contributed by atoms with Crippen molar-refractivity contribution in [3.63, 3.8) is 0 Å². The van der Waals surface area contributed by atoms with E-state index < -0.39 is 18.0 Å². The maximum absolute atomic E-state index is 13.4. The van der Waals surface area contributed by atoms with Gasteiger partial charge in [-0.1, -0.05) is 12.1 Å². The van der Waals surface area contributed by atoms with Gasteiger partial charge in [-0.25, -0.2) is 0 Å². The third-order valence-electron chi connectivity index (χ3n) is 5.39. The first-order valence-corrected chi connectivity index (χ1v) is 9.58. The van der Waals surface area contributed by atoms with Crippen LogP contribution in [-0.2, 0) is 20.7 Å². The number of Topliss-reactive ketones (excluding diaryl/α,β-unsaturated/α-hetero) is 1. The number of furan rings is 1. The predicted octanol–water partition coefficient (Wildman–Crippen LogP) is 1.29. The van der Waals surface area contributed by atoms with Crippen molar-refractivity contribution in [2.45, 2.75) is 37.5 Å². The number of carbonyl (C=O) groups is 3. The maximum Gasteiger partial charge on any atom is 0.255 e. The van der Waals surface area contributed by atoms with E-state index in [4.69, 9.17) is 9.15 Å². The highest BCUT2D eigenvalue weighted by molar-refractivity contribution is 5.99. The number of nitrogens with one attached hydrogen (secondary N) is 1. The van der Waals surface area contributed by atoms with Crippen LogP contribution in [0, 0.1) is 0 Å². The van der Waals surface area contributed by atoms with Gasteiger partial charge in [0, 0.05) is 13.0 Å². The van der Waals surface area contributed by atoms with Crippen molar-refractivity contribution in [1.29, 1.82) is 0 Å². The number of aromatic hydroxyl groups is 1. The fourth-order valence-electron chi connectivity index (χ4n) is 3.94. The zero-order chi connectivity index (χ0) is 20.4. The molecule has 29 heavy (non-hydrogen) atoms. The number of carbonyl (C=O) groups excluding carboxylic acids is 3. The molecule has 1 aromatic carbocycles. The lowest BCUT2D eigenvalue weighted by Gasteiger charge is -2.37. The quantitative estimate of drug-likeness (QED) is 0.786. The van der Waals surface area contributed by atoms with Gasteiger partial charge in [0.25, 0.3) is 5.91 Å².